The van der Waals surface area contributed by atoms with E-state index in [0.29, 0.717) is 13.1 Å². The minimum absolute atomic E-state index is 0.208. The molecule has 6 heteroatoms. The molecule has 2 aromatic rings. The molecule has 1 atom stereocenters. The van der Waals surface area contributed by atoms with E-state index in [-0.39, 0.29) is 5.56 Å². The number of hydrogen-bond donors (Lipinski definition) is 1. The molecule has 0 aliphatic heterocycles. The third kappa shape index (κ3) is 4.67. The van der Waals surface area contributed by atoms with Gasteiger partial charge in [-0.05, 0) is 30.5 Å². The monoisotopic (exact) mass is 361 g/mol. The minimum atomic E-state index is -2.23. The van der Waals surface area contributed by atoms with Crippen LogP contribution in [0.25, 0.3) is 11.1 Å². The number of aliphatic hydroxyl groups excluding tert-OH is 1. The van der Waals surface area contributed by atoms with Gasteiger partial charge in [-0.15, -0.1) is 0 Å². The van der Waals surface area contributed by atoms with Crippen LogP contribution >= 0.6 is 0 Å². The molecule has 0 aromatic heterocycles. The van der Waals surface area contributed by atoms with Crippen molar-refractivity contribution in [2.75, 3.05) is 13.1 Å². The van der Waals surface area contributed by atoms with E-state index in [0.717, 1.165) is 11.1 Å². The van der Waals surface area contributed by atoms with Crippen molar-refractivity contribution in [3.8, 4) is 11.1 Å². The first-order chi connectivity index (χ1) is 12.5. The van der Waals surface area contributed by atoms with E-state index in [4.69, 9.17) is 4.74 Å². The Hall–Kier alpha value is -2.73. The van der Waals surface area contributed by atoms with E-state index in [9.17, 15) is 18.7 Å². The first-order valence-electron chi connectivity index (χ1n) is 8.33. The lowest BCUT2D eigenvalue weighted by Crippen LogP contribution is -2.31. The van der Waals surface area contributed by atoms with Crippen LogP contribution in [0.2, 0.25) is 0 Å². The van der Waals surface area contributed by atoms with Crippen molar-refractivity contribution in [3.05, 3.63) is 72.0 Å². The standard InChI is InChI=1S/C20H21F2NO3/c1-3-23(4-2)20(25)26-18(19(21)22)17(24)16-12-10-15(11-13-16)14-8-6-5-7-9-14/h5-13,17,24H,3-4H2,1-2H3. The topological polar surface area (TPSA) is 49.8 Å². The van der Waals surface area contributed by atoms with Crippen molar-refractivity contribution in [1.82, 2.24) is 4.90 Å². The van der Waals surface area contributed by atoms with Crippen LogP contribution in [-0.4, -0.2) is 29.2 Å². The maximum atomic E-state index is 13.2. The van der Waals surface area contributed by atoms with Crippen LogP contribution in [0.4, 0.5) is 13.6 Å². The average molecular weight is 361 g/mol. The summed E-state index contributed by atoms with van der Waals surface area (Å²) >= 11 is 0. The van der Waals surface area contributed by atoms with Gasteiger partial charge in [0.05, 0.1) is 0 Å². The van der Waals surface area contributed by atoms with E-state index in [1.54, 1.807) is 26.0 Å². The molecule has 0 radical (unpaired) electrons. The minimum Gasteiger partial charge on any atom is -0.406 e. The Labute approximate surface area is 151 Å². The first-order valence-corrected chi connectivity index (χ1v) is 8.33. The van der Waals surface area contributed by atoms with Gasteiger partial charge >= 0.3 is 12.2 Å². The van der Waals surface area contributed by atoms with Gasteiger partial charge in [-0.1, -0.05) is 54.6 Å². The number of amides is 1. The third-order valence-corrected chi connectivity index (χ3v) is 3.99. The molecule has 2 rings (SSSR count). The van der Waals surface area contributed by atoms with E-state index in [2.05, 4.69) is 0 Å². The average Bonchev–Trinajstić information content (AvgIpc) is 2.67. The van der Waals surface area contributed by atoms with Gasteiger partial charge in [0.15, 0.2) is 0 Å². The predicted octanol–water partition coefficient (Wildman–Crippen LogP) is 4.97. The van der Waals surface area contributed by atoms with Crippen molar-refractivity contribution >= 4 is 6.09 Å². The van der Waals surface area contributed by atoms with Gasteiger partial charge < -0.3 is 14.7 Å². The molecule has 0 fully saturated rings. The highest BCUT2D eigenvalue weighted by Crippen LogP contribution is 2.29. The van der Waals surface area contributed by atoms with E-state index in [1.165, 1.54) is 17.0 Å². The predicted molar refractivity (Wildman–Crippen MR) is 95.5 cm³/mol. The van der Waals surface area contributed by atoms with Crippen LogP contribution in [-0.2, 0) is 4.74 Å². The molecular weight excluding hydrogens is 340 g/mol. The molecule has 0 aliphatic rings. The molecule has 0 heterocycles. The second-order valence-corrected chi connectivity index (χ2v) is 5.56. The Bertz CT molecular complexity index is 752. The molecule has 1 amide bonds. The normalized spacial score (nSPS) is 11.6. The summed E-state index contributed by atoms with van der Waals surface area (Å²) in [4.78, 5) is 13.2. The molecule has 0 aliphatic carbocycles. The van der Waals surface area contributed by atoms with Crippen LogP contribution in [0.5, 0.6) is 0 Å². The largest absolute Gasteiger partial charge is 0.415 e. The van der Waals surface area contributed by atoms with Gasteiger partial charge in [-0.25, -0.2) is 4.79 Å². The molecule has 0 saturated carbocycles. The number of hydrogen-bond acceptors (Lipinski definition) is 3. The number of benzene rings is 2. The van der Waals surface area contributed by atoms with Gasteiger partial charge in [0.2, 0.25) is 5.76 Å². The zero-order chi connectivity index (χ0) is 19.1. The number of aliphatic hydroxyl groups is 1. The van der Waals surface area contributed by atoms with Crippen molar-refractivity contribution in [3.63, 3.8) is 0 Å². The fourth-order valence-corrected chi connectivity index (χ4v) is 2.48. The summed E-state index contributed by atoms with van der Waals surface area (Å²) in [5.74, 6) is -1.05. The molecule has 1 unspecified atom stereocenters. The summed E-state index contributed by atoms with van der Waals surface area (Å²) < 4.78 is 31.2. The zero-order valence-electron chi connectivity index (χ0n) is 14.7. The lowest BCUT2D eigenvalue weighted by molar-refractivity contribution is 0.0832. The number of nitrogens with zero attached hydrogens (tertiary/aromatic N) is 1. The van der Waals surface area contributed by atoms with Gasteiger partial charge in [-0.2, -0.15) is 8.78 Å². The van der Waals surface area contributed by atoms with Crippen LogP contribution in [0, 0.1) is 0 Å². The van der Waals surface area contributed by atoms with E-state index < -0.39 is 24.0 Å². The highest BCUT2D eigenvalue weighted by molar-refractivity contribution is 5.69. The molecule has 2 aromatic carbocycles. The van der Waals surface area contributed by atoms with Crippen LogP contribution in [0.3, 0.4) is 0 Å². The highest BCUT2D eigenvalue weighted by atomic mass is 19.3. The van der Waals surface area contributed by atoms with Crippen LogP contribution in [0.15, 0.2) is 66.4 Å². The Morgan fingerprint density at radius 2 is 1.54 bits per heavy atom. The summed E-state index contributed by atoms with van der Waals surface area (Å²) in [5.41, 5.74) is 2.06. The molecule has 4 nitrogen and oxygen atoms in total. The fourth-order valence-electron chi connectivity index (χ4n) is 2.48. The lowest BCUT2D eigenvalue weighted by atomic mass is 10.0. The van der Waals surface area contributed by atoms with Crippen LogP contribution < -0.4 is 0 Å². The Balaban J connectivity index is 2.20. The SMILES string of the molecule is CCN(CC)C(=O)OC(=C(F)F)C(O)c1ccc(-c2ccccc2)cc1. The molecule has 0 saturated heterocycles. The number of carbonyl (C=O) groups is 1. The lowest BCUT2D eigenvalue weighted by Gasteiger charge is -2.21. The molecule has 138 valence electrons. The zero-order valence-corrected chi connectivity index (χ0v) is 14.7. The van der Waals surface area contributed by atoms with E-state index >= 15 is 0 Å². The highest BCUT2D eigenvalue weighted by Gasteiger charge is 2.25. The second-order valence-electron chi connectivity index (χ2n) is 5.56. The van der Waals surface area contributed by atoms with E-state index in [1.807, 2.05) is 30.3 Å². The fraction of sp³-hybridized carbons (Fsp3) is 0.250. The molecule has 0 spiro atoms. The Kier molecular flexibility index (Phi) is 6.86. The van der Waals surface area contributed by atoms with Gasteiger partial charge in [0.25, 0.3) is 0 Å². The van der Waals surface area contributed by atoms with Gasteiger partial charge in [0, 0.05) is 13.1 Å². The Morgan fingerprint density at radius 1 is 1.00 bits per heavy atom. The van der Waals surface area contributed by atoms with Crippen molar-refractivity contribution in [2.45, 2.75) is 20.0 Å². The van der Waals surface area contributed by atoms with Crippen molar-refractivity contribution < 1.29 is 23.4 Å². The Morgan fingerprint density at radius 3 is 2.04 bits per heavy atom. The quantitative estimate of drug-likeness (QED) is 0.739. The molecule has 26 heavy (non-hydrogen) atoms. The number of ether oxygens (including phenoxy) is 1. The number of halogens is 2. The second kappa shape index (κ2) is 9.10. The maximum Gasteiger partial charge on any atom is 0.415 e. The summed E-state index contributed by atoms with van der Waals surface area (Å²) in [5, 5.41) is 10.3. The third-order valence-electron chi connectivity index (χ3n) is 3.99. The van der Waals surface area contributed by atoms with Crippen molar-refractivity contribution in [2.24, 2.45) is 0 Å². The molecule has 0 bridgehead atoms. The maximum absolute atomic E-state index is 13.2. The number of rotatable bonds is 6. The number of carbonyl (C=O) groups excluding carboxylic acids is 1. The summed E-state index contributed by atoms with van der Waals surface area (Å²) in [6.07, 6.45) is -4.88. The molecule has 1 N–H and O–H groups in total. The summed E-state index contributed by atoms with van der Waals surface area (Å²) in [7, 11) is 0. The smallest absolute Gasteiger partial charge is 0.406 e. The summed E-state index contributed by atoms with van der Waals surface area (Å²) in [6.45, 7) is 4.05. The summed E-state index contributed by atoms with van der Waals surface area (Å²) in [6, 6.07) is 16.0. The van der Waals surface area contributed by atoms with Crippen molar-refractivity contribution in [1.29, 1.82) is 0 Å². The van der Waals surface area contributed by atoms with Crippen LogP contribution in [0.1, 0.15) is 25.5 Å². The first kappa shape index (κ1) is 19.6. The van der Waals surface area contributed by atoms with Gasteiger partial charge in [0.1, 0.15) is 6.10 Å². The molecular formula is C20H21F2NO3. The van der Waals surface area contributed by atoms with Gasteiger partial charge in [-0.3, -0.25) is 0 Å².